The molecule has 2 heterocycles. The molecule has 33 heavy (non-hydrogen) atoms. The number of carbonyl (C=O) groups excluding carboxylic acids is 2. The number of rotatable bonds is 5. The van der Waals surface area contributed by atoms with E-state index in [1.807, 2.05) is 34.9 Å². The number of hydrogen-bond donors (Lipinski definition) is 0. The fraction of sp³-hybridized carbons (Fsp3) is 0.704. The van der Waals surface area contributed by atoms with Crippen molar-refractivity contribution >= 4 is 11.8 Å². The van der Waals surface area contributed by atoms with Gasteiger partial charge in [0.1, 0.15) is 19.3 Å². The van der Waals surface area contributed by atoms with Gasteiger partial charge in [0.25, 0.3) is 0 Å². The highest BCUT2D eigenvalue weighted by Crippen LogP contribution is 2.60. The third-order valence-electron chi connectivity index (χ3n) is 8.99. The molecule has 0 N–H and O–H groups in total. The van der Waals surface area contributed by atoms with Crippen LogP contribution in [0.15, 0.2) is 18.2 Å². The Hall–Kier alpha value is -2.24. The highest BCUT2D eigenvalue weighted by Gasteiger charge is 2.57. The van der Waals surface area contributed by atoms with Crippen molar-refractivity contribution in [3.05, 3.63) is 23.8 Å². The van der Waals surface area contributed by atoms with Crippen molar-refractivity contribution in [2.75, 3.05) is 26.3 Å². The van der Waals surface area contributed by atoms with Gasteiger partial charge in [-0.15, -0.1) is 0 Å². The Morgan fingerprint density at radius 3 is 2.45 bits per heavy atom. The van der Waals surface area contributed by atoms with Crippen LogP contribution in [0.1, 0.15) is 63.9 Å². The minimum atomic E-state index is -0.317. The molecule has 178 valence electrons. The second kappa shape index (κ2) is 8.21. The fourth-order valence-corrected chi connectivity index (χ4v) is 7.96. The van der Waals surface area contributed by atoms with Crippen molar-refractivity contribution in [1.82, 2.24) is 9.80 Å². The number of amides is 2. The van der Waals surface area contributed by atoms with E-state index in [9.17, 15) is 9.59 Å². The van der Waals surface area contributed by atoms with Gasteiger partial charge >= 0.3 is 0 Å². The summed E-state index contributed by atoms with van der Waals surface area (Å²) in [6.07, 6.45) is 8.84. The second-order valence-corrected chi connectivity index (χ2v) is 11.1. The van der Waals surface area contributed by atoms with Crippen LogP contribution in [-0.4, -0.2) is 54.0 Å². The third-order valence-corrected chi connectivity index (χ3v) is 8.99. The molecule has 6 heteroatoms. The summed E-state index contributed by atoms with van der Waals surface area (Å²) in [6, 6.07) is 5.57. The Labute approximate surface area is 196 Å². The number of likely N-dealkylation sites (N-methyl/N-ethyl adjacent to an activating group) is 1. The van der Waals surface area contributed by atoms with Gasteiger partial charge in [0.2, 0.25) is 11.8 Å². The lowest BCUT2D eigenvalue weighted by Gasteiger charge is -2.56. The van der Waals surface area contributed by atoms with E-state index in [4.69, 9.17) is 9.47 Å². The maximum absolute atomic E-state index is 14.0. The number of para-hydroxylation sites is 1. The molecule has 1 aromatic rings. The van der Waals surface area contributed by atoms with E-state index in [0.29, 0.717) is 32.2 Å². The molecule has 6 aliphatic rings. The molecule has 2 aliphatic heterocycles. The maximum Gasteiger partial charge on any atom is 0.245 e. The Kier molecular flexibility index (Phi) is 5.30. The van der Waals surface area contributed by atoms with Crippen molar-refractivity contribution in [3.8, 4) is 11.5 Å². The van der Waals surface area contributed by atoms with Gasteiger partial charge in [0.05, 0.1) is 5.41 Å². The lowest BCUT2D eigenvalue weighted by atomic mass is 9.49. The van der Waals surface area contributed by atoms with Crippen molar-refractivity contribution < 1.29 is 19.1 Å². The molecule has 5 fully saturated rings. The number of nitrogens with zero attached hydrogens (tertiary/aromatic N) is 2. The zero-order valence-corrected chi connectivity index (χ0v) is 19.8. The zero-order valence-electron chi connectivity index (χ0n) is 19.8. The molecule has 6 nitrogen and oxygen atoms in total. The van der Waals surface area contributed by atoms with Crippen LogP contribution >= 0.6 is 0 Å². The van der Waals surface area contributed by atoms with Gasteiger partial charge in [-0.25, -0.2) is 0 Å². The molecule has 1 aromatic carbocycles. The molecule has 2 amide bonds. The topological polar surface area (TPSA) is 59.1 Å². The average molecular weight is 453 g/mol. The third kappa shape index (κ3) is 3.60. The highest BCUT2D eigenvalue weighted by molar-refractivity contribution is 5.91. The molecule has 1 saturated heterocycles. The zero-order chi connectivity index (χ0) is 22.6. The van der Waals surface area contributed by atoms with Crippen LogP contribution in [0.4, 0.5) is 0 Å². The number of benzene rings is 1. The molecular formula is C27H36N2O4. The molecule has 0 aromatic heterocycles. The summed E-state index contributed by atoms with van der Waals surface area (Å²) >= 11 is 0. The van der Waals surface area contributed by atoms with Gasteiger partial charge < -0.3 is 19.3 Å². The van der Waals surface area contributed by atoms with E-state index in [2.05, 4.69) is 0 Å². The first kappa shape index (κ1) is 21.3. The SMILES string of the molecule is CCN(Cc1cccc2c1OCCO2)C(=O)C1CCCN1C(=O)C12CC3CC(CC(C3)C1)C2. The Morgan fingerprint density at radius 1 is 1.06 bits per heavy atom. The Balaban J connectivity index is 1.20. The summed E-state index contributed by atoms with van der Waals surface area (Å²) in [5.41, 5.74) is 0.789. The van der Waals surface area contributed by atoms with Crippen molar-refractivity contribution in [2.45, 2.75) is 70.9 Å². The second-order valence-electron chi connectivity index (χ2n) is 11.1. The predicted octanol–water partition coefficient (Wildman–Crippen LogP) is 4.01. The molecule has 4 aliphatic carbocycles. The summed E-state index contributed by atoms with van der Waals surface area (Å²) in [6.45, 7) is 4.92. The van der Waals surface area contributed by atoms with E-state index in [-0.39, 0.29) is 17.4 Å². The van der Waals surface area contributed by atoms with E-state index in [1.165, 1.54) is 19.3 Å². The molecule has 1 unspecified atom stereocenters. The summed E-state index contributed by atoms with van der Waals surface area (Å²) in [4.78, 5) is 31.6. The first-order chi connectivity index (χ1) is 16.1. The number of ether oxygens (including phenoxy) is 2. The standard InChI is InChI=1S/C27H36N2O4/c1-2-28(17-21-5-3-7-23-24(21)33-10-9-32-23)25(30)22-6-4-8-29(22)26(31)27-14-18-11-19(15-27)13-20(12-18)16-27/h3,5,7,18-20,22H,2,4,6,8-17H2,1H3. The van der Waals surface area contributed by atoms with Crippen molar-refractivity contribution in [3.63, 3.8) is 0 Å². The minimum absolute atomic E-state index is 0.0856. The van der Waals surface area contributed by atoms with Gasteiger partial charge in [-0.2, -0.15) is 0 Å². The smallest absolute Gasteiger partial charge is 0.245 e. The minimum Gasteiger partial charge on any atom is -0.486 e. The highest BCUT2D eigenvalue weighted by atomic mass is 16.6. The lowest BCUT2D eigenvalue weighted by Crippen LogP contribution is -2.57. The molecule has 0 radical (unpaired) electrons. The fourth-order valence-electron chi connectivity index (χ4n) is 7.96. The number of hydrogen-bond acceptors (Lipinski definition) is 4. The van der Waals surface area contributed by atoms with E-state index >= 15 is 0 Å². The van der Waals surface area contributed by atoms with E-state index < -0.39 is 0 Å². The summed E-state index contributed by atoms with van der Waals surface area (Å²) in [5.74, 6) is 4.08. The number of carbonyl (C=O) groups is 2. The van der Waals surface area contributed by atoms with Gasteiger partial charge in [-0.1, -0.05) is 12.1 Å². The van der Waals surface area contributed by atoms with Gasteiger partial charge in [0.15, 0.2) is 11.5 Å². The normalized spacial score (nSPS) is 33.9. The average Bonchev–Trinajstić information content (AvgIpc) is 3.30. The summed E-state index contributed by atoms with van der Waals surface area (Å²) in [5, 5.41) is 0. The molecule has 0 spiro atoms. The molecular weight excluding hydrogens is 416 g/mol. The van der Waals surface area contributed by atoms with Gasteiger partial charge in [-0.05, 0) is 82.1 Å². The van der Waals surface area contributed by atoms with Crippen LogP contribution in [0.5, 0.6) is 11.5 Å². The summed E-state index contributed by atoms with van der Waals surface area (Å²) in [7, 11) is 0. The Morgan fingerprint density at radius 2 is 1.76 bits per heavy atom. The van der Waals surface area contributed by atoms with E-state index in [0.717, 1.165) is 73.5 Å². The first-order valence-electron chi connectivity index (χ1n) is 13.0. The maximum atomic E-state index is 14.0. The Bertz CT molecular complexity index is 909. The monoisotopic (exact) mass is 452 g/mol. The molecule has 4 bridgehead atoms. The molecule has 4 saturated carbocycles. The van der Waals surface area contributed by atoms with Crippen molar-refractivity contribution in [1.29, 1.82) is 0 Å². The van der Waals surface area contributed by atoms with Crippen LogP contribution < -0.4 is 9.47 Å². The number of likely N-dealkylation sites (tertiary alicyclic amines) is 1. The van der Waals surface area contributed by atoms with Crippen LogP contribution in [0, 0.1) is 23.2 Å². The molecule has 7 rings (SSSR count). The van der Waals surface area contributed by atoms with Crippen LogP contribution in [0.25, 0.3) is 0 Å². The quantitative estimate of drug-likeness (QED) is 0.677. The van der Waals surface area contributed by atoms with Crippen LogP contribution in [0.3, 0.4) is 0 Å². The number of fused-ring (bicyclic) bond motifs is 1. The summed E-state index contributed by atoms with van der Waals surface area (Å²) < 4.78 is 11.6. The van der Waals surface area contributed by atoms with E-state index in [1.54, 1.807) is 0 Å². The predicted molar refractivity (Wildman–Crippen MR) is 124 cm³/mol. The van der Waals surface area contributed by atoms with Crippen LogP contribution in [0.2, 0.25) is 0 Å². The van der Waals surface area contributed by atoms with Crippen molar-refractivity contribution in [2.24, 2.45) is 23.2 Å². The van der Waals surface area contributed by atoms with Crippen LogP contribution in [-0.2, 0) is 16.1 Å². The van der Waals surface area contributed by atoms with Gasteiger partial charge in [-0.3, -0.25) is 9.59 Å². The largest absolute Gasteiger partial charge is 0.486 e. The first-order valence-corrected chi connectivity index (χ1v) is 13.0. The lowest BCUT2D eigenvalue weighted by molar-refractivity contribution is -0.162. The molecule has 1 atom stereocenters. The van der Waals surface area contributed by atoms with Gasteiger partial charge in [0, 0.05) is 25.2 Å².